The molecule has 0 unspecified atom stereocenters. The summed E-state index contributed by atoms with van der Waals surface area (Å²) >= 11 is 5.45. The molecule has 0 aromatic carbocycles. The molecule has 0 saturated carbocycles. The maximum atomic E-state index is 9.37. The zero-order valence-corrected chi connectivity index (χ0v) is 9.13. The summed E-state index contributed by atoms with van der Waals surface area (Å²) in [6.07, 6.45) is 1.66. The molecule has 0 aromatic heterocycles. The molecule has 4 nitrogen and oxygen atoms in total. The molecule has 0 saturated heterocycles. The second kappa shape index (κ2) is 6.82. The topological polar surface area (TPSA) is 47.9 Å². The highest BCUT2D eigenvalue weighted by Gasteiger charge is 2.38. The summed E-state index contributed by atoms with van der Waals surface area (Å²) in [6, 6.07) is 0. The Bertz CT molecular complexity index is 110. The number of hydrogen-bond acceptors (Lipinski definition) is 4. The predicted octanol–water partition coefficient (Wildman–Crippen LogP) is 0.743. The minimum Gasteiger partial charge on any atom is -0.367 e. The minimum absolute atomic E-state index is 0.414. The first kappa shape index (κ1) is 12.3. The summed E-state index contributed by atoms with van der Waals surface area (Å²) in [5.74, 6) is 0.601. The monoisotopic (exact) mass is 214 g/mol. The molecule has 0 heterocycles. The van der Waals surface area contributed by atoms with Gasteiger partial charge in [0.15, 0.2) is 0 Å². The smallest absolute Gasteiger partial charge is 0.367 e. The van der Waals surface area contributed by atoms with Gasteiger partial charge in [-0.1, -0.05) is 0 Å². The van der Waals surface area contributed by atoms with Crippen LogP contribution in [0, 0.1) is 0 Å². The maximum absolute atomic E-state index is 9.37. The molecule has 0 aliphatic heterocycles. The Morgan fingerprint density at radius 3 is 2.25 bits per heavy atom. The Kier molecular flexibility index (Phi) is 7.02. The SMILES string of the molecule is CO[Si](O)(OC)OCCCCCl. The van der Waals surface area contributed by atoms with Gasteiger partial charge in [-0.05, 0) is 12.8 Å². The van der Waals surface area contributed by atoms with Crippen molar-refractivity contribution in [1.29, 1.82) is 0 Å². The third-order valence-corrected chi connectivity index (χ3v) is 3.20. The summed E-state index contributed by atoms with van der Waals surface area (Å²) in [5, 5.41) is 0. The van der Waals surface area contributed by atoms with Crippen LogP contribution in [-0.2, 0) is 13.3 Å². The third-order valence-electron chi connectivity index (χ3n) is 1.33. The molecule has 0 aromatic rings. The van der Waals surface area contributed by atoms with E-state index in [0.717, 1.165) is 12.8 Å². The first-order valence-corrected chi connectivity index (χ1v) is 5.91. The molecule has 74 valence electrons. The summed E-state index contributed by atoms with van der Waals surface area (Å²) in [4.78, 5) is 9.37. The molecule has 0 fully saturated rings. The molecular weight excluding hydrogens is 200 g/mol. The molecule has 0 aliphatic carbocycles. The zero-order valence-electron chi connectivity index (χ0n) is 7.38. The van der Waals surface area contributed by atoms with E-state index in [9.17, 15) is 4.80 Å². The van der Waals surface area contributed by atoms with E-state index in [1.807, 2.05) is 0 Å². The van der Waals surface area contributed by atoms with Gasteiger partial charge in [0.05, 0.1) is 0 Å². The first-order valence-electron chi connectivity index (χ1n) is 3.71. The van der Waals surface area contributed by atoms with Crippen molar-refractivity contribution in [3.05, 3.63) is 0 Å². The zero-order chi connectivity index (χ0) is 9.45. The van der Waals surface area contributed by atoms with E-state index in [-0.39, 0.29) is 0 Å². The predicted molar refractivity (Wildman–Crippen MR) is 47.9 cm³/mol. The molecule has 0 atom stereocenters. The second-order valence-corrected chi connectivity index (χ2v) is 4.71. The van der Waals surface area contributed by atoms with Crippen molar-refractivity contribution < 1.29 is 18.1 Å². The lowest BCUT2D eigenvalue weighted by atomic mass is 10.4. The Labute approximate surface area is 78.9 Å². The van der Waals surface area contributed by atoms with Crippen LogP contribution in [0.4, 0.5) is 0 Å². The van der Waals surface area contributed by atoms with Crippen LogP contribution in [0.15, 0.2) is 0 Å². The van der Waals surface area contributed by atoms with Gasteiger partial charge in [-0.2, -0.15) is 0 Å². The van der Waals surface area contributed by atoms with Crippen LogP contribution in [0.3, 0.4) is 0 Å². The van der Waals surface area contributed by atoms with E-state index in [4.69, 9.17) is 16.0 Å². The Hall–Kier alpha value is 0.347. The molecule has 12 heavy (non-hydrogen) atoms. The van der Waals surface area contributed by atoms with Crippen LogP contribution in [0.2, 0.25) is 0 Å². The summed E-state index contributed by atoms with van der Waals surface area (Å²) in [6.45, 7) is 0.414. The summed E-state index contributed by atoms with van der Waals surface area (Å²) in [7, 11) is -0.574. The van der Waals surface area contributed by atoms with Crippen molar-refractivity contribution in [2.45, 2.75) is 12.8 Å². The lowest BCUT2D eigenvalue weighted by Gasteiger charge is -2.18. The van der Waals surface area contributed by atoms with Gasteiger partial charge in [0.1, 0.15) is 0 Å². The summed E-state index contributed by atoms with van der Waals surface area (Å²) < 4.78 is 14.4. The fraction of sp³-hybridized carbons (Fsp3) is 1.00. The highest BCUT2D eigenvalue weighted by Crippen LogP contribution is 2.03. The highest BCUT2D eigenvalue weighted by molar-refractivity contribution is 6.51. The average Bonchev–Trinajstić information content (AvgIpc) is 2.12. The number of halogens is 1. The molecular formula is C6H15ClO4Si. The Balaban J connectivity index is 3.45. The van der Waals surface area contributed by atoms with Crippen molar-refractivity contribution >= 4 is 20.6 Å². The number of rotatable bonds is 7. The van der Waals surface area contributed by atoms with Crippen LogP contribution in [0.5, 0.6) is 0 Å². The van der Waals surface area contributed by atoms with E-state index >= 15 is 0 Å². The van der Waals surface area contributed by atoms with Gasteiger partial charge in [-0.25, -0.2) is 0 Å². The number of unbranched alkanes of at least 4 members (excludes halogenated alkanes) is 1. The lowest BCUT2D eigenvalue weighted by molar-refractivity contribution is 0.0225. The number of hydrogen-bond donors (Lipinski definition) is 1. The molecule has 0 radical (unpaired) electrons. The second-order valence-electron chi connectivity index (χ2n) is 2.18. The van der Waals surface area contributed by atoms with Gasteiger partial charge in [-0.15, -0.1) is 11.6 Å². The van der Waals surface area contributed by atoms with Gasteiger partial charge in [-0.3, -0.25) is 0 Å². The van der Waals surface area contributed by atoms with Crippen molar-refractivity contribution in [3.8, 4) is 0 Å². The number of alkyl halides is 1. The van der Waals surface area contributed by atoms with Crippen LogP contribution in [0.25, 0.3) is 0 Å². The third kappa shape index (κ3) is 5.07. The lowest BCUT2D eigenvalue weighted by Crippen LogP contribution is -2.44. The normalized spacial score (nSPS) is 12.0. The highest BCUT2D eigenvalue weighted by atomic mass is 35.5. The Morgan fingerprint density at radius 1 is 1.25 bits per heavy atom. The standard InChI is InChI=1S/C6H15ClO4Si/c1-9-12(8,10-2)11-6-4-3-5-7/h8H,3-6H2,1-2H3. The van der Waals surface area contributed by atoms with Crippen LogP contribution in [-0.4, -0.2) is 40.6 Å². The van der Waals surface area contributed by atoms with Gasteiger partial charge in [0.25, 0.3) is 0 Å². The summed E-state index contributed by atoms with van der Waals surface area (Å²) in [5.41, 5.74) is 0. The van der Waals surface area contributed by atoms with Crippen molar-refractivity contribution in [1.82, 2.24) is 0 Å². The molecule has 0 rings (SSSR count). The van der Waals surface area contributed by atoms with Gasteiger partial charge < -0.3 is 18.1 Å². The van der Waals surface area contributed by atoms with E-state index in [2.05, 4.69) is 8.85 Å². The minimum atomic E-state index is -3.29. The van der Waals surface area contributed by atoms with Gasteiger partial charge in [0.2, 0.25) is 0 Å². The fourth-order valence-electron chi connectivity index (χ4n) is 0.599. The fourth-order valence-corrected chi connectivity index (χ4v) is 1.59. The van der Waals surface area contributed by atoms with Crippen LogP contribution < -0.4 is 0 Å². The quantitative estimate of drug-likeness (QED) is 0.386. The molecule has 0 spiro atoms. The van der Waals surface area contributed by atoms with Gasteiger partial charge >= 0.3 is 9.05 Å². The Morgan fingerprint density at radius 2 is 1.83 bits per heavy atom. The van der Waals surface area contributed by atoms with E-state index in [0.29, 0.717) is 12.5 Å². The van der Waals surface area contributed by atoms with Crippen molar-refractivity contribution in [2.24, 2.45) is 0 Å². The van der Waals surface area contributed by atoms with E-state index < -0.39 is 9.05 Å². The largest absolute Gasteiger partial charge is 0.676 e. The molecule has 0 bridgehead atoms. The first-order chi connectivity index (χ1) is 5.68. The molecule has 0 aliphatic rings. The average molecular weight is 215 g/mol. The van der Waals surface area contributed by atoms with Gasteiger partial charge in [0, 0.05) is 26.7 Å². The van der Waals surface area contributed by atoms with E-state index in [1.54, 1.807) is 0 Å². The molecule has 6 heteroatoms. The van der Waals surface area contributed by atoms with Crippen LogP contribution >= 0.6 is 11.6 Å². The molecule has 1 N–H and O–H groups in total. The molecule has 0 amide bonds. The van der Waals surface area contributed by atoms with Crippen molar-refractivity contribution in [3.63, 3.8) is 0 Å². The van der Waals surface area contributed by atoms with Crippen LogP contribution in [0.1, 0.15) is 12.8 Å². The maximum Gasteiger partial charge on any atom is 0.676 e. The van der Waals surface area contributed by atoms with E-state index in [1.165, 1.54) is 14.2 Å². The van der Waals surface area contributed by atoms with Crippen molar-refractivity contribution in [2.75, 3.05) is 26.7 Å².